The summed E-state index contributed by atoms with van der Waals surface area (Å²) in [6, 6.07) is 6.16. The van der Waals surface area contributed by atoms with Gasteiger partial charge in [-0.15, -0.1) is 0 Å². The molecule has 1 saturated heterocycles. The van der Waals surface area contributed by atoms with Crippen molar-refractivity contribution in [2.24, 2.45) is 0 Å². The molecule has 1 amide bonds. The summed E-state index contributed by atoms with van der Waals surface area (Å²) in [5.74, 6) is -1.88. The monoisotopic (exact) mass is 479 g/mol. The van der Waals surface area contributed by atoms with Gasteiger partial charge in [-0.25, -0.2) is 9.87 Å². The Balaban J connectivity index is 1.53. The van der Waals surface area contributed by atoms with Gasteiger partial charge in [0.05, 0.1) is 17.7 Å². The van der Waals surface area contributed by atoms with E-state index in [9.17, 15) is 9.18 Å². The molecule has 1 fully saturated rings. The molecular formula is C20H19BrFN3O5. The smallest absolute Gasteiger partial charge is 0.312 e. The van der Waals surface area contributed by atoms with E-state index in [-0.39, 0.29) is 29.8 Å². The molecule has 4 rings (SSSR count). The zero-order valence-electron chi connectivity index (χ0n) is 16.2. The number of benzene rings is 1. The number of nitrogens with zero attached hydrogens (tertiary/aromatic N) is 1. The minimum absolute atomic E-state index is 0.0655. The molecule has 3 heterocycles. The van der Waals surface area contributed by atoms with Crippen molar-refractivity contribution in [3.63, 3.8) is 0 Å². The number of ether oxygens (including phenoxy) is 2. The first-order chi connectivity index (χ1) is 14.3. The molecule has 0 aliphatic carbocycles. The third kappa shape index (κ3) is 4.46. The quantitative estimate of drug-likeness (QED) is 0.509. The lowest BCUT2D eigenvalue weighted by atomic mass is 10.2. The summed E-state index contributed by atoms with van der Waals surface area (Å²) in [7, 11) is 0. The fourth-order valence-electron chi connectivity index (χ4n) is 3.04. The fraction of sp³-hybridized carbons (Fsp3) is 0.300. The van der Waals surface area contributed by atoms with Crippen molar-refractivity contribution in [3.05, 3.63) is 52.7 Å². The number of halogens is 2. The minimum Gasteiger partial charge on any atom is -0.448 e. The third-order valence-electron chi connectivity index (χ3n) is 4.39. The zero-order valence-corrected chi connectivity index (χ0v) is 17.8. The number of hydrogen-bond acceptors (Lipinski definition) is 7. The highest BCUT2D eigenvalue weighted by molar-refractivity contribution is 9.10. The summed E-state index contributed by atoms with van der Waals surface area (Å²) in [6.07, 6.45) is 2.75. The molecule has 1 aromatic carbocycles. The molecule has 0 radical (unpaired) electrons. The standard InChI is InChI=1S/C20H19BrFN3O5/c1-20(2)27-9-12(30-20)10-28-25-19(26)18-17(13-8-23-6-5-16(13)29-18)24-15-4-3-11(21)7-14(15)22/h3-8,12,24H,9-10H2,1-2H3,(H,25,26)/t12-/m1/s1. The van der Waals surface area contributed by atoms with E-state index in [1.54, 1.807) is 32.0 Å². The van der Waals surface area contributed by atoms with Crippen LogP contribution >= 0.6 is 15.9 Å². The van der Waals surface area contributed by atoms with Gasteiger partial charge >= 0.3 is 5.91 Å². The second kappa shape index (κ2) is 8.31. The molecule has 10 heteroatoms. The second-order valence-electron chi connectivity index (χ2n) is 7.12. The Morgan fingerprint density at radius 2 is 2.23 bits per heavy atom. The van der Waals surface area contributed by atoms with Crippen LogP contribution in [0.2, 0.25) is 0 Å². The highest BCUT2D eigenvalue weighted by atomic mass is 79.9. The van der Waals surface area contributed by atoms with Crippen molar-refractivity contribution < 1.29 is 27.9 Å². The number of hydroxylamine groups is 1. The van der Waals surface area contributed by atoms with Crippen molar-refractivity contribution in [2.45, 2.75) is 25.7 Å². The molecular weight excluding hydrogens is 461 g/mol. The van der Waals surface area contributed by atoms with Crippen LogP contribution in [0.4, 0.5) is 15.8 Å². The van der Waals surface area contributed by atoms with Gasteiger partial charge < -0.3 is 19.2 Å². The number of aromatic nitrogens is 1. The van der Waals surface area contributed by atoms with E-state index >= 15 is 0 Å². The van der Waals surface area contributed by atoms with Crippen LogP contribution in [-0.4, -0.2) is 36.0 Å². The molecule has 0 bridgehead atoms. The molecule has 1 atom stereocenters. The van der Waals surface area contributed by atoms with Crippen LogP contribution in [0.1, 0.15) is 24.4 Å². The highest BCUT2D eigenvalue weighted by Crippen LogP contribution is 2.34. The van der Waals surface area contributed by atoms with Gasteiger partial charge in [0, 0.05) is 16.9 Å². The molecule has 2 aromatic heterocycles. The van der Waals surface area contributed by atoms with Crippen molar-refractivity contribution in [1.29, 1.82) is 0 Å². The number of anilines is 2. The van der Waals surface area contributed by atoms with Crippen molar-refractivity contribution in [2.75, 3.05) is 18.5 Å². The highest BCUT2D eigenvalue weighted by Gasteiger charge is 2.33. The molecule has 2 N–H and O–H groups in total. The number of rotatable bonds is 6. The SMILES string of the molecule is CC1(C)OC[C@H](CONC(=O)c2oc3ccncc3c2Nc2ccc(Br)cc2F)O1. The first-order valence-corrected chi connectivity index (χ1v) is 9.94. The lowest BCUT2D eigenvalue weighted by molar-refractivity contribution is -0.147. The van der Waals surface area contributed by atoms with Gasteiger partial charge in [0.1, 0.15) is 29.8 Å². The van der Waals surface area contributed by atoms with E-state index in [0.29, 0.717) is 22.0 Å². The number of pyridine rings is 1. The number of amides is 1. The van der Waals surface area contributed by atoms with E-state index in [2.05, 4.69) is 31.7 Å². The molecule has 158 valence electrons. The van der Waals surface area contributed by atoms with Gasteiger partial charge in [-0.1, -0.05) is 15.9 Å². The summed E-state index contributed by atoms with van der Waals surface area (Å²) in [5, 5.41) is 3.45. The van der Waals surface area contributed by atoms with Gasteiger partial charge in [-0.05, 0) is 38.1 Å². The van der Waals surface area contributed by atoms with E-state index in [0.717, 1.165) is 0 Å². The lowest BCUT2D eigenvalue weighted by Gasteiger charge is -2.16. The van der Waals surface area contributed by atoms with Gasteiger partial charge in [0.25, 0.3) is 0 Å². The summed E-state index contributed by atoms with van der Waals surface area (Å²) in [4.78, 5) is 22.0. The van der Waals surface area contributed by atoms with Crippen LogP contribution in [0.3, 0.4) is 0 Å². The molecule has 0 unspecified atom stereocenters. The van der Waals surface area contributed by atoms with E-state index in [1.807, 2.05) is 0 Å². The van der Waals surface area contributed by atoms with Crippen molar-refractivity contribution in [3.8, 4) is 0 Å². The van der Waals surface area contributed by atoms with Crippen LogP contribution in [0.25, 0.3) is 11.0 Å². The number of furan rings is 1. The van der Waals surface area contributed by atoms with Crippen LogP contribution in [0.5, 0.6) is 0 Å². The fourth-order valence-corrected chi connectivity index (χ4v) is 3.38. The Kier molecular flexibility index (Phi) is 5.74. The van der Waals surface area contributed by atoms with Crippen molar-refractivity contribution >= 4 is 44.2 Å². The van der Waals surface area contributed by atoms with Gasteiger partial charge in [0.2, 0.25) is 5.76 Å². The second-order valence-corrected chi connectivity index (χ2v) is 8.04. The Bertz CT molecular complexity index is 1090. The maximum Gasteiger partial charge on any atom is 0.312 e. The molecule has 30 heavy (non-hydrogen) atoms. The lowest BCUT2D eigenvalue weighted by Crippen LogP contribution is -2.30. The maximum absolute atomic E-state index is 14.3. The predicted octanol–water partition coefficient (Wildman–Crippen LogP) is 4.29. The minimum atomic E-state index is -0.685. The van der Waals surface area contributed by atoms with Crippen LogP contribution < -0.4 is 10.8 Å². The van der Waals surface area contributed by atoms with Gasteiger partial charge in [-0.3, -0.25) is 14.6 Å². The summed E-state index contributed by atoms with van der Waals surface area (Å²) in [6.45, 7) is 4.05. The summed E-state index contributed by atoms with van der Waals surface area (Å²) >= 11 is 3.22. The molecule has 8 nitrogen and oxygen atoms in total. The van der Waals surface area contributed by atoms with Gasteiger partial charge in [-0.2, -0.15) is 0 Å². The average Bonchev–Trinajstić information content (AvgIpc) is 3.24. The number of nitrogens with one attached hydrogen (secondary N) is 2. The Morgan fingerprint density at radius 1 is 1.40 bits per heavy atom. The van der Waals surface area contributed by atoms with E-state index < -0.39 is 17.5 Å². The Labute approximate surface area is 179 Å². The first kappa shape index (κ1) is 20.7. The van der Waals surface area contributed by atoms with Crippen molar-refractivity contribution in [1.82, 2.24) is 10.5 Å². The molecule has 0 spiro atoms. The zero-order chi connectivity index (χ0) is 21.3. The Morgan fingerprint density at radius 3 is 2.97 bits per heavy atom. The van der Waals surface area contributed by atoms with Gasteiger partial charge in [0.15, 0.2) is 5.79 Å². The molecule has 0 saturated carbocycles. The maximum atomic E-state index is 14.3. The number of carbonyl (C=O) groups excluding carboxylic acids is 1. The van der Waals surface area contributed by atoms with Crippen LogP contribution in [0, 0.1) is 5.82 Å². The number of fused-ring (bicyclic) bond motifs is 1. The van der Waals surface area contributed by atoms with E-state index in [4.69, 9.17) is 18.7 Å². The van der Waals surface area contributed by atoms with Crippen LogP contribution in [0.15, 0.2) is 45.5 Å². The average molecular weight is 480 g/mol. The van der Waals surface area contributed by atoms with Crippen LogP contribution in [-0.2, 0) is 14.3 Å². The van der Waals surface area contributed by atoms with E-state index in [1.165, 1.54) is 18.5 Å². The number of carbonyl (C=O) groups is 1. The first-order valence-electron chi connectivity index (χ1n) is 9.15. The normalized spacial score (nSPS) is 17.9. The molecule has 1 aliphatic rings. The summed E-state index contributed by atoms with van der Waals surface area (Å²) in [5.41, 5.74) is 3.21. The number of hydrogen-bond donors (Lipinski definition) is 2. The molecule has 1 aliphatic heterocycles. The largest absolute Gasteiger partial charge is 0.448 e. The topological polar surface area (TPSA) is 94.9 Å². The molecule has 3 aromatic rings. The predicted molar refractivity (Wildman–Crippen MR) is 110 cm³/mol. The summed E-state index contributed by atoms with van der Waals surface area (Å²) < 4.78 is 31.7. The third-order valence-corrected chi connectivity index (χ3v) is 4.88. The Hall–Kier alpha value is -2.53.